The van der Waals surface area contributed by atoms with Crippen LogP contribution in [0.2, 0.25) is 0 Å². The summed E-state index contributed by atoms with van der Waals surface area (Å²) in [5.41, 5.74) is 0.741. The van der Waals surface area contributed by atoms with Crippen LogP contribution in [0.3, 0.4) is 0 Å². The standard InChI is InChI=1S/C19H24N2O6S/c1-5-27-15-8-6-14(7-9-15)21(28(4,23)24)13-19(22)20-17-12-16(25-2)10-11-18(17)26-3/h6-12H,5,13H2,1-4H3,(H,20,22). The van der Waals surface area contributed by atoms with Gasteiger partial charge in [0.05, 0.1) is 38.5 Å². The summed E-state index contributed by atoms with van der Waals surface area (Å²) in [6.45, 7) is 1.96. The van der Waals surface area contributed by atoms with Crippen molar-refractivity contribution in [2.75, 3.05) is 43.2 Å². The molecule has 9 heteroatoms. The van der Waals surface area contributed by atoms with E-state index < -0.39 is 22.5 Å². The third-order valence-electron chi connectivity index (χ3n) is 3.80. The number of sulfonamides is 1. The quantitative estimate of drug-likeness (QED) is 0.685. The molecule has 152 valence electrons. The molecule has 2 aromatic carbocycles. The lowest BCUT2D eigenvalue weighted by molar-refractivity contribution is -0.114. The van der Waals surface area contributed by atoms with Gasteiger partial charge in [-0.2, -0.15) is 0 Å². The normalized spacial score (nSPS) is 10.9. The molecule has 0 spiro atoms. The molecular weight excluding hydrogens is 384 g/mol. The van der Waals surface area contributed by atoms with E-state index in [1.807, 2.05) is 6.92 Å². The molecule has 0 aromatic heterocycles. The van der Waals surface area contributed by atoms with Gasteiger partial charge in [0, 0.05) is 6.07 Å². The second-order valence-corrected chi connectivity index (χ2v) is 7.72. The summed E-state index contributed by atoms with van der Waals surface area (Å²) in [5, 5.41) is 2.67. The number of nitrogens with one attached hydrogen (secondary N) is 1. The van der Waals surface area contributed by atoms with Crippen molar-refractivity contribution >= 4 is 27.3 Å². The number of ether oxygens (including phenoxy) is 3. The lowest BCUT2D eigenvalue weighted by atomic mass is 10.2. The van der Waals surface area contributed by atoms with Crippen LogP contribution >= 0.6 is 0 Å². The molecule has 1 amide bonds. The van der Waals surface area contributed by atoms with Gasteiger partial charge in [-0.3, -0.25) is 9.10 Å². The second-order valence-electron chi connectivity index (χ2n) is 5.81. The van der Waals surface area contributed by atoms with E-state index in [1.54, 1.807) is 42.5 Å². The first-order valence-electron chi connectivity index (χ1n) is 8.51. The van der Waals surface area contributed by atoms with Crippen LogP contribution in [0.4, 0.5) is 11.4 Å². The molecule has 0 aliphatic heterocycles. The molecule has 0 atom stereocenters. The smallest absolute Gasteiger partial charge is 0.245 e. The van der Waals surface area contributed by atoms with Gasteiger partial charge in [-0.05, 0) is 43.3 Å². The van der Waals surface area contributed by atoms with Crippen molar-refractivity contribution < 1.29 is 27.4 Å². The van der Waals surface area contributed by atoms with Crippen molar-refractivity contribution in [2.24, 2.45) is 0 Å². The summed E-state index contributed by atoms with van der Waals surface area (Å²) in [7, 11) is -0.706. The Morgan fingerprint density at radius 1 is 1.04 bits per heavy atom. The summed E-state index contributed by atoms with van der Waals surface area (Å²) in [6.07, 6.45) is 1.04. The van der Waals surface area contributed by atoms with Crippen LogP contribution in [-0.2, 0) is 14.8 Å². The Bertz CT molecular complexity index is 913. The van der Waals surface area contributed by atoms with Gasteiger partial charge in [0.25, 0.3) is 0 Å². The minimum atomic E-state index is -3.68. The Balaban J connectivity index is 2.22. The van der Waals surface area contributed by atoms with Crippen LogP contribution in [-0.4, -0.2) is 48.0 Å². The number of carbonyl (C=O) groups excluding carboxylic acids is 1. The van der Waals surface area contributed by atoms with E-state index in [4.69, 9.17) is 14.2 Å². The van der Waals surface area contributed by atoms with Crippen molar-refractivity contribution in [3.05, 3.63) is 42.5 Å². The topological polar surface area (TPSA) is 94.2 Å². The Kier molecular flexibility index (Phi) is 7.11. The van der Waals surface area contributed by atoms with Gasteiger partial charge >= 0.3 is 0 Å². The number of anilines is 2. The van der Waals surface area contributed by atoms with E-state index in [-0.39, 0.29) is 0 Å². The number of hydrogen-bond donors (Lipinski definition) is 1. The molecule has 0 unspecified atom stereocenters. The minimum absolute atomic E-state index is 0.360. The van der Waals surface area contributed by atoms with E-state index in [0.29, 0.717) is 35.2 Å². The maximum atomic E-state index is 12.5. The van der Waals surface area contributed by atoms with Crippen LogP contribution in [0.15, 0.2) is 42.5 Å². The molecule has 0 saturated carbocycles. The summed E-state index contributed by atoms with van der Waals surface area (Å²) >= 11 is 0. The molecule has 0 heterocycles. The largest absolute Gasteiger partial charge is 0.497 e. The van der Waals surface area contributed by atoms with Crippen LogP contribution in [0.1, 0.15) is 6.92 Å². The van der Waals surface area contributed by atoms with Gasteiger partial charge in [-0.25, -0.2) is 8.42 Å². The first kappa shape index (κ1) is 21.4. The fourth-order valence-electron chi connectivity index (χ4n) is 2.51. The van der Waals surface area contributed by atoms with Gasteiger partial charge < -0.3 is 19.5 Å². The Morgan fingerprint density at radius 2 is 1.68 bits per heavy atom. The molecule has 0 fully saturated rings. The summed E-state index contributed by atoms with van der Waals surface area (Å²) < 4.78 is 41.2. The lowest BCUT2D eigenvalue weighted by Gasteiger charge is -2.22. The van der Waals surface area contributed by atoms with Crippen molar-refractivity contribution in [3.63, 3.8) is 0 Å². The van der Waals surface area contributed by atoms with Gasteiger partial charge in [0.15, 0.2) is 0 Å². The highest BCUT2D eigenvalue weighted by molar-refractivity contribution is 7.92. The maximum absolute atomic E-state index is 12.5. The number of amides is 1. The number of carbonyl (C=O) groups is 1. The fraction of sp³-hybridized carbons (Fsp3) is 0.316. The number of hydrogen-bond acceptors (Lipinski definition) is 6. The molecule has 8 nitrogen and oxygen atoms in total. The van der Waals surface area contributed by atoms with Crippen LogP contribution in [0.5, 0.6) is 17.2 Å². The van der Waals surface area contributed by atoms with Gasteiger partial charge in [-0.15, -0.1) is 0 Å². The van der Waals surface area contributed by atoms with E-state index in [2.05, 4.69) is 5.32 Å². The zero-order valence-corrected chi connectivity index (χ0v) is 17.1. The molecule has 0 aliphatic rings. The minimum Gasteiger partial charge on any atom is -0.497 e. The lowest BCUT2D eigenvalue weighted by Crippen LogP contribution is -2.37. The van der Waals surface area contributed by atoms with Gasteiger partial charge in [0.1, 0.15) is 23.8 Å². The van der Waals surface area contributed by atoms with E-state index in [0.717, 1.165) is 10.6 Å². The molecule has 0 saturated heterocycles. The van der Waals surface area contributed by atoms with Crippen molar-refractivity contribution in [1.82, 2.24) is 0 Å². The van der Waals surface area contributed by atoms with Crippen LogP contribution < -0.4 is 23.8 Å². The predicted octanol–water partition coefficient (Wildman–Crippen LogP) is 2.51. The Morgan fingerprint density at radius 3 is 2.21 bits per heavy atom. The number of methoxy groups -OCH3 is 2. The van der Waals surface area contributed by atoms with E-state index in [1.165, 1.54) is 14.2 Å². The number of benzene rings is 2. The molecule has 1 N–H and O–H groups in total. The fourth-order valence-corrected chi connectivity index (χ4v) is 3.36. The van der Waals surface area contributed by atoms with Crippen molar-refractivity contribution in [1.29, 1.82) is 0 Å². The molecule has 0 bridgehead atoms. The highest BCUT2D eigenvalue weighted by atomic mass is 32.2. The molecule has 2 aromatic rings. The highest BCUT2D eigenvalue weighted by Gasteiger charge is 2.21. The third-order valence-corrected chi connectivity index (χ3v) is 4.94. The number of nitrogens with zero attached hydrogens (tertiary/aromatic N) is 1. The Labute approximate surface area is 165 Å². The molecule has 28 heavy (non-hydrogen) atoms. The zero-order valence-electron chi connectivity index (χ0n) is 16.3. The predicted molar refractivity (Wildman–Crippen MR) is 108 cm³/mol. The van der Waals surface area contributed by atoms with E-state index >= 15 is 0 Å². The molecular formula is C19H24N2O6S. The summed E-state index contributed by atoms with van der Waals surface area (Å²) in [6, 6.07) is 11.4. The Hall–Kier alpha value is -2.94. The van der Waals surface area contributed by atoms with Gasteiger partial charge in [-0.1, -0.05) is 0 Å². The average molecular weight is 408 g/mol. The zero-order chi connectivity index (χ0) is 20.7. The summed E-state index contributed by atoms with van der Waals surface area (Å²) in [4.78, 5) is 12.5. The average Bonchev–Trinajstić information content (AvgIpc) is 2.66. The monoisotopic (exact) mass is 408 g/mol. The van der Waals surface area contributed by atoms with Crippen molar-refractivity contribution in [2.45, 2.75) is 6.92 Å². The third kappa shape index (κ3) is 5.53. The van der Waals surface area contributed by atoms with Crippen LogP contribution in [0.25, 0.3) is 0 Å². The maximum Gasteiger partial charge on any atom is 0.245 e. The van der Waals surface area contributed by atoms with Gasteiger partial charge in [0.2, 0.25) is 15.9 Å². The van der Waals surface area contributed by atoms with Crippen LogP contribution in [0, 0.1) is 0 Å². The molecule has 0 radical (unpaired) electrons. The number of rotatable bonds is 9. The summed E-state index contributed by atoms with van der Waals surface area (Å²) in [5.74, 6) is 1.06. The molecule has 0 aliphatic carbocycles. The first-order chi connectivity index (χ1) is 13.3. The van der Waals surface area contributed by atoms with Crippen molar-refractivity contribution in [3.8, 4) is 17.2 Å². The second kappa shape index (κ2) is 9.32. The molecule has 2 rings (SSSR count). The van der Waals surface area contributed by atoms with E-state index in [9.17, 15) is 13.2 Å². The first-order valence-corrected chi connectivity index (χ1v) is 10.4. The SMILES string of the molecule is CCOc1ccc(N(CC(=O)Nc2cc(OC)ccc2OC)S(C)(=O)=O)cc1. The highest BCUT2D eigenvalue weighted by Crippen LogP contribution is 2.29.